The molecule has 17 heavy (non-hydrogen) atoms. The van der Waals surface area contributed by atoms with Gasteiger partial charge in [-0.1, -0.05) is 38.3 Å². The molecule has 1 aromatic rings. The lowest BCUT2D eigenvalue weighted by Crippen LogP contribution is -2.04. The summed E-state index contributed by atoms with van der Waals surface area (Å²) in [5, 5.41) is 8.73. The van der Waals surface area contributed by atoms with Gasteiger partial charge in [0.25, 0.3) is 0 Å². The molecule has 0 aliphatic heterocycles. The maximum Gasteiger partial charge on any atom is 0.161 e. The molecule has 0 bridgehead atoms. The van der Waals surface area contributed by atoms with Crippen LogP contribution in [0.25, 0.3) is 0 Å². The van der Waals surface area contributed by atoms with E-state index in [2.05, 4.69) is 6.92 Å². The molecule has 0 amide bonds. The quantitative estimate of drug-likeness (QED) is 0.672. The topological polar surface area (TPSA) is 38.7 Å². The van der Waals surface area contributed by atoms with Crippen LogP contribution in [-0.4, -0.2) is 24.9 Å². The van der Waals surface area contributed by atoms with E-state index < -0.39 is 0 Å². The number of ether oxygens (including phenoxy) is 2. The molecular formula is C14H22O3. The third kappa shape index (κ3) is 5.59. The molecule has 0 aliphatic carbocycles. The molecule has 1 N–H and O–H groups in total. The lowest BCUT2D eigenvalue weighted by Gasteiger charge is -2.11. The van der Waals surface area contributed by atoms with Crippen molar-refractivity contribution in [2.24, 2.45) is 0 Å². The van der Waals surface area contributed by atoms with Gasteiger partial charge >= 0.3 is 0 Å². The monoisotopic (exact) mass is 238 g/mol. The first-order valence-corrected chi connectivity index (χ1v) is 6.34. The Labute approximate surface area is 103 Å². The van der Waals surface area contributed by atoms with Crippen LogP contribution in [0.15, 0.2) is 24.3 Å². The van der Waals surface area contributed by atoms with E-state index >= 15 is 0 Å². The Bertz CT molecular complexity index is 299. The number of hydrogen-bond acceptors (Lipinski definition) is 3. The normalized spacial score (nSPS) is 10.2. The first kappa shape index (κ1) is 13.8. The molecule has 3 nitrogen and oxygen atoms in total. The maximum absolute atomic E-state index is 8.73. The van der Waals surface area contributed by atoms with Gasteiger partial charge in [-0.05, 0) is 18.6 Å². The van der Waals surface area contributed by atoms with E-state index in [0.717, 1.165) is 18.8 Å². The summed E-state index contributed by atoms with van der Waals surface area (Å²) >= 11 is 0. The summed E-state index contributed by atoms with van der Waals surface area (Å²) in [5.41, 5.74) is 0. The average Bonchev–Trinajstić information content (AvgIpc) is 2.37. The number of benzene rings is 1. The Kier molecular flexibility index (Phi) is 7.23. The van der Waals surface area contributed by atoms with E-state index in [0.29, 0.717) is 12.4 Å². The third-order valence-electron chi connectivity index (χ3n) is 2.45. The second-order valence-electron chi connectivity index (χ2n) is 3.93. The van der Waals surface area contributed by atoms with Crippen LogP contribution in [0.2, 0.25) is 0 Å². The van der Waals surface area contributed by atoms with E-state index in [1.807, 2.05) is 24.3 Å². The van der Waals surface area contributed by atoms with Gasteiger partial charge in [0.1, 0.15) is 6.61 Å². The van der Waals surface area contributed by atoms with Crippen LogP contribution in [0.1, 0.15) is 32.6 Å². The molecule has 0 unspecified atom stereocenters. The summed E-state index contributed by atoms with van der Waals surface area (Å²) in [5.74, 6) is 1.47. The summed E-state index contributed by atoms with van der Waals surface area (Å²) in [4.78, 5) is 0. The van der Waals surface area contributed by atoms with Crippen LogP contribution < -0.4 is 9.47 Å². The average molecular weight is 238 g/mol. The predicted octanol–water partition coefficient (Wildman–Crippen LogP) is 3.02. The molecular weight excluding hydrogens is 216 g/mol. The van der Waals surface area contributed by atoms with Gasteiger partial charge in [-0.3, -0.25) is 0 Å². The van der Waals surface area contributed by atoms with Crippen molar-refractivity contribution in [2.45, 2.75) is 32.6 Å². The molecule has 0 aromatic heterocycles. The second kappa shape index (κ2) is 8.88. The first-order valence-electron chi connectivity index (χ1n) is 6.34. The van der Waals surface area contributed by atoms with E-state index in [1.165, 1.54) is 19.3 Å². The van der Waals surface area contributed by atoms with Crippen LogP contribution in [0.3, 0.4) is 0 Å². The number of aliphatic hydroxyl groups excluding tert-OH is 1. The molecule has 0 spiro atoms. The Morgan fingerprint density at radius 3 is 2.18 bits per heavy atom. The highest BCUT2D eigenvalue weighted by Crippen LogP contribution is 2.26. The highest BCUT2D eigenvalue weighted by Gasteiger charge is 2.03. The summed E-state index contributed by atoms with van der Waals surface area (Å²) in [6, 6.07) is 7.58. The minimum Gasteiger partial charge on any atom is -0.490 e. The SMILES string of the molecule is CCCCCCOc1ccccc1OCCO. The highest BCUT2D eigenvalue weighted by molar-refractivity contribution is 5.39. The molecule has 0 heterocycles. The second-order valence-corrected chi connectivity index (χ2v) is 3.93. The third-order valence-corrected chi connectivity index (χ3v) is 2.45. The predicted molar refractivity (Wildman–Crippen MR) is 68.7 cm³/mol. The van der Waals surface area contributed by atoms with Gasteiger partial charge in [-0.15, -0.1) is 0 Å². The smallest absolute Gasteiger partial charge is 0.161 e. The first-order chi connectivity index (χ1) is 8.38. The van der Waals surface area contributed by atoms with Gasteiger partial charge in [-0.2, -0.15) is 0 Å². The fourth-order valence-electron chi connectivity index (χ4n) is 1.56. The molecule has 0 radical (unpaired) electrons. The van der Waals surface area contributed by atoms with Crippen LogP contribution >= 0.6 is 0 Å². The number of rotatable bonds is 9. The summed E-state index contributed by atoms with van der Waals surface area (Å²) in [6.45, 7) is 3.24. The molecule has 0 atom stereocenters. The van der Waals surface area contributed by atoms with Gasteiger partial charge in [0.2, 0.25) is 0 Å². The van der Waals surface area contributed by atoms with Crippen molar-refractivity contribution in [3.63, 3.8) is 0 Å². The molecule has 3 heteroatoms. The van der Waals surface area contributed by atoms with Crippen molar-refractivity contribution in [1.29, 1.82) is 0 Å². The number of hydrogen-bond donors (Lipinski definition) is 1. The minimum atomic E-state index is 0.0187. The Balaban J connectivity index is 2.35. The van der Waals surface area contributed by atoms with E-state index in [9.17, 15) is 0 Å². The van der Waals surface area contributed by atoms with Crippen molar-refractivity contribution in [1.82, 2.24) is 0 Å². The zero-order chi connectivity index (χ0) is 12.3. The molecule has 1 rings (SSSR count). The van der Waals surface area contributed by atoms with Crippen molar-refractivity contribution in [2.75, 3.05) is 19.8 Å². The van der Waals surface area contributed by atoms with E-state index in [1.54, 1.807) is 0 Å². The Morgan fingerprint density at radius 2 is 1.59 bits per heavy atom. The lowest BCUT2D eigenvalue weighted by atomic mass is 10.2. The van der Waals surface area contributed by atoms with Crippen molar-refractivity contribution in [3.8, 4) is 11.5 Å². The van der Waals surface area contributed by atoms with Crippen molar-refractivity contribution in [3.05, 3.63) is 24.3 Å². The van der Waals surface area contributed by atoms with Gasteiger partial charge in [0.05, 0.1) is 13.2 Å². The fraction of sp³-hybridized carbons (Fsp3) is 0.571. The molecule has 1 aromatic carbocycles. The van der Waals surface area contributed by atoms with Crippen LogP contribution in [0.4, 0.5) is 0 Å². The molecule has 0 aliphatic rings. The standard InChI is InChI=1S/C14H22O3/c1-2-3-4-7-11-16-13-8-5-6-9-14(13)17-12-10-15/h5-6,8-9,15H,2-4,7,10-12H2,1H3. The van der Waals surface area contributed by atoms with E-state index in [4.69, 9.17) is 14.6 Å². The van der Waals surface area contributed by atoms with Crippen LogP contribution in [-0.2, 0) is 0 Å². The minimum absolute atomic E-state index is 0.0187. The number of unbranched alkanes of at least 4 members (excludes halogenated alkanes) is 3. The van der Waals surface area contributed by atoms with Gasteiger partial charge in [-0.25, -0.2) is 0 Å². The number of aliphatic hydroxyl groups is 1. The van der Waals surface area contributed by atoms with Crippen LogP contribution in [0, 0.1) is 0 Å². The Hall–Kier alpha value is -1.22. The zero-order valence-corrected chi connectivity index (χ0v) is 10.5. The molecule has 0 saturated heterocycles. The highest BCUT2D eigenvalue weighted by atomic mass is 16.5. The van der Waals surface area contributed by atoms with Gasteiger partial charge in [0, 0.05) is 0 Å². The molecule has 96 valence electrons. The summed E-state index contributed by atoms with van der Waals surface area (Å²) in [6.07, 6.45) is 4.76. The fourth-order valence-corrected chi connectivity index (χ4v) is 1.56. The Morgan fingerprint density at radius 1 is 0.941 bits per heavy atom. The molecule has 0 fully saturated rings. The molecule has 0 saturated carbocycles. The maximum atomic E-state index is 8.73. The van der Waals surface area contributed by atoms with Crippen molar-refractivity contribution >= 4 is 0 Å². The van der Waals surface area contributed by atoms with E-state index in [-0.39, 0.29) is 6.61 Å². The zero-order valence-electron chi connectivity index (χ0n) is 10.5. The number of para-hydroxylation sites is 2. The van der Waals surface area contributed by atoms with Crippen molar-refractivity contribution < 1.29 is 14.6 Å². The summed E-state index contributed by atoms with van der Waals surface area (Å²) in [7, 11) is 0. The largest absolute Gasteiger partial charge is 0.490 e. The van der Waals surface area contributed by atoms with Gasteiger partial charge < -0.3 is 14.6 Å². The van der Waals surface area contributed by atoms with Gasteiger partial charge in [0.15, 0.2) is 11.5 Å². The lowest BCUT2D eigenvalue weighted by molar-refractivity contribution is 0.193. The summed E-state index contributed by atoms with van der Waals surface area (Å²) < 4.78 is 11.1. The van der Waals surface area contributed by atoms with Crippen LogP contribution in [0.5, 0.6) is 11.5 Å².